The first-order valence-electron chi connectivity index (χ1n) is 9.74. The van der Waals surface area contributed by atoms with E-state index in [1.807, 2.05) is 41.6 Å². The Hall–Kier alpha value is -3.07. The van der Waals surface area contributed by atoms with E-state index < -0.39 is 6.10 Å². The fourth-order valence-electron chi connectivity index (χ4n) is 3.45. The number of carbonyl (C=O) groups is 1. The Morgan fingerprint density at radius 2 is 2.10 bits per heavy atom. The number of rotatable bonds is 6. The summed E-state index contributed by atoms with van der Waals surface area (Å²) in [5.41, 5.74) is 2.93. The van der Waals surface area contributed by atoms with Gasteiger partial charge in [0, 0.05) is 43.2 Å². The normalized spacial score (nSPS) is 16.9. The summed E-state index contributed by atoms with van der Waals surface area (Å²) in [4.78, 5) is 22.9. The van der Waals surface area contributed by atoms with Crippen molar-refractivity contribution in [2.75, 3.05) is 19.7 Å². The van der Waals surface area contributed by atoms with Gasteiger partial charge in [-0.15, -0.1) is 0 Å². The molecule has 152 valence electrons. The number of morpholine rings is 1. The fraction of sp³-hybridized carbons (Fsp3) is 0.450. The van der Waals surface area contributed by atoms with Crippen molar-refractivity contribution < 1.29 is 14.1 Å². The van der Waals surface area contributed by atoms with Crippen LogP contribution >= 0.6 is 0 Å². The van der Waals surface area contributed by atoms with Crippen LogP contribution in [0, 0.1) is 13.8 Å². The lowest BCUT2D eigenvalue weighted by Crippen LogP contribution is -2.42. The summed E-state index contributed by atoms with van der Waals surface area (Å²) in [6.45, 7) is 6.16. The molecule has 3 aromatic heterocycles. The van der Waals surface area contributed by atoms with E-state index in [0.29, 0.717) is 37.8 Å². The monoisotopic (exact) mass is 396 g/mol. The Bertz CT molecular complexity index is 968. The molecule has 4 heterocycles. The number of nitrogens with zero attached hydrogens (tertiary/aromatic N) is 6. The Kier molecular flexibility index (Phi) is 5.66. The predicted molar refractivity (Wildman–Crippen MR) is 104 cm³/mol. The lowest BCUT2D eigenvalue weighted by molar-refractivity contribution is -0.140. The van der Waals surface area contributed by atoms with Gasteiger partial charge in [0.15, 0.2) is 6.10 Å². The van der Waals surface area contributed by atoms with Crippen molar-refractivity contribution in [3.8, 4) is 11.4 Å². The molecule has 3 aromatic rings. The zero-order valence-electron chi connectivity index (χ0n) is 16.6. The standard InChI is InChI=1S/C20H24N6O3/c1-14-12-15(2)26(23-14)9-3-4-18(27)25-10-11-28-17(13-25)20-22-19(24-29-20)16-5-7-21-8-6-16/h5-8,12,17H,3-4,9-11,13H2,1-2H3. The molecule has 29 heavy (non-hydrogen) atoms. The third kappa shape index (κ3) is 4.51. The molecular weight excluding hydrogens is 372 g/mol. The topological polar surface area (TPSA) is 99.2 Å². The molecule has 0 radical (unpaired) electrons. The minimum absolute atomic E-state index is 0.105. The lowest BCUT2D eigenvalue weighted by Gasteiger charge is -2.31. The predicted octanol–water partition coefficient (Wildman–Crippen LogP) is 2.33. The minimum atomic E-state index is -0.410. The highest BCUT2D eigenvalue weighted by atomic mass is 16.5. The highest BCUT2D eigenvalue weighted by Crippen LogP contribution is 2.24. The third-order valence-electron chi connectivity index (χ3n) is 4.94. The third-order valence-corrected chi connectivity index (χ3v) is 4.94. The molecule has 9 heteroatoms. The lowest BCUT2D eigenvalue weighted by atomic mass is 10.2. The Labute approximate surface area is 168 Å². The first-order valence-corrected chi connectivity index (χ1v) is 9.74. The molecule has 1 atom stereocenters. The molecule has 0 saturated carbocycles. The van der Waals surface area contributed by atoms with Crippen molar-refractivity contribution in [2.24, 2.45) is 0 Å². The van der Waals surface area contributed by atoms with Crippen molar-refractivity contribution in [3.05, 3.63) is 47.9 Å². The first-order chi connectivity index (χ1) is 14.1. The van der Waals surface area contributed by atoms with Gasteiger partial charge in [-0.05, 0) is 38.5 Å². The molecule has 9 nitrogen and oxygen atoms in total. The van der Waals surface area contributed by atoms with Gasteiger partial charge in [0.25, 0.3) is 5.89 Å². The summed E-state index contributed by atoms with van der Waals surface area (Å²) in [5.74, 6) is 0.977. The van der Waals surface area contributed by atoms with Crippen molar-refractivity contribution in [2.45, 2.75) is 39.3 Å². The molecule has 0 bridgehead atoms. The van der Waals surface area contributed by atoms with Crippen LogP contribution in [0.1, 0.15) is 36.2 Å². The maximum Gasteiger partial charge on any atom is 0.257 e. The van der Waals surface area contributed by atoms with E-state index in [0.717, 1.165) is 29.9 Å². The average Bonchev–Trinajstić information content (AvgIpc) is 3.35. The number of aryl methyl sites for hydroxylation is 3. The van der Waals surface area contributed by atoms with Crippen LogP contribution in [-0.4, -0.2) is 55.4 Å². The smallest absolute Gasteiger partial charge is 0.257 e. The number of hydrogen-bond acceptors (Lipinski definition) is 7. The zero-order valence-corrected chi connectivity index (χ0v) is 16.6. The number of carbonyl (C=O) groups excluding carboxylic acids is 1. The Morgan fingerprint density at radius 1 is 1.28 bits per heavy atom. The summed E-state index contributed by atoms with van der Waals surface area (Å²) in [6, 6.07) is 5.67. The van der Waals surface area contributed by atoms with Gasteiger partial charge in [0.1, 0.15) is 0 Å². The second-order valence-electron chi connectivity index (χ2n) is 7.15. The van der Waals surface area contributed by atoms with E-state index in [2.05, 4.69) is 20.2 Å². The van der Waals surface area contributed by atoms with Crippen molar-refractivity contribution >= 4 is 5.91 Å². The summed E-state index contributed by atoms with van der Waals surface area (Å²) < 4.78 is 13.1. The highest BCUT2D eigenvalue weighted by molar-refractivity contribution is 5.76. The van der Waals surface area contributed by atoms with E-state index in [-0.39, 0.29) is 5.91 Å². The molecule has 1 fully saturated rings. The summed E-state index contributed by atoms with van der Waals surface area (Å²) in [7, 11) is 0. The van der Waals surface area contributed by atoms with E-state index in [9.17, 15) is 4.79 Å². The number of amides is 1. The van der Waals surface area contributed by atoms with Crippen LogP contribution in [0.25, 0.3) is 11.4 Å². The van der Waals surface area contributed by atoms with Gasteiger partial charge >= 0.3 is 0 Å². The van der Waals surface area contributed by atoms with Gasteiger partial charge in [0.05, 0.1) is 18.8 Å². The molecule has 1 saturated heterocycles. The van der Waals surface area contributed by atoms with Crippen LogP contribution in [0.4, 0.5) is 0 Å². The molecule has 0 N–H and O–H groups in total. The number of ether oxygens (including phenoxy) is 1. The van der Waals surface area contributed by atoms with E-state index in [1.54, 1.807) is 12.4 Å². The molecule has 4 rings (SSSR count). The number of aromatic nitrogens is 5. The maximum absolute atomic E-state index is 12.6. The highest BCUT2D eigenvalue weighted by Gasteiger charge is 2.29. The second kappa shape index (κ2) is 8.52. The molecule has 1 aliphatic rings. The maximum atomic E-state index is 12.6. The van der Waals surface area contributed by atoms with Gasteiger partial charge in [-0.3, -0.25) is 14.5 Å². The van der Waals surface area contributed by atoms with Crippen LogP contribution in [0.15, 0.2) is 35.1 Å². The Balaban J connectivity index is 1.33. The summed E-state index contributed by atoms with van der Waals surface area (Å²) in [6.07, 6.45) is 4.16. The van der Waals surface area contributed by atoms with Gasteiger partial charge in [-0.25, -0.2) is 0 Å². The van der Waals surface area contributed by atoms with Gasteiger partial charge < -0.3 is 14.2 Å². The number of pyridine rings is 1. The van der Waals surface area contributed by atoms with Gasteiger partial charge in [-0.1, -0.05) is 5.16 Å². The second-order valence-corrected chi connectivity index (χ2v) is 7.15. The van der Waals surface area contributed by atoms with E-state index in [1.165, 1.54) is 0 Å². The largest absolute Gasteiger partial charge is 0.365 e. The fourth-order valence-corrected chi connectivity index (χ4v) is 3.45. The van der Waals surface area contributed by atoms with Crippen LogP contribution in [0.2, 0.25) is 0 Å². The Morgan fingerprint density at radius 3 is 2.86 bits per heavy atom. The molecule has 1 amide bonds. The number of hydrogen-bond donors (Lipinski definition) is 0. The van der Waals surface area contributed by atoms with Crippen molar-refractivity contribution in [1.29, 1.82) is 0 Å². The molecule has 0 spiro atoms. The van der Waals surface area contributed by atoms with Crippen molar-refractivity contribution in [3.63, 3.8) is 0 Å². The summed E-state index contributed by atoms with van der Waals surface area (Å²) in [5, 5.41) is 8.46. The quantitative estimate of drug-likeness (QED) is 0.630. The van der Waals surface area contributed by atoms with E-state index in [4.69, 9.17) is 9.26 Å². The van der Waals surface area contributed by atoms with Crippen LogP contribution in [0.3, 0.4) is 0 Å². The van der Waals surface area contributed by atoms with Crippen LogP contribution < -0.4 is 0 Å². The van der Waals surface area contributed by atoms with Crippen LogP contribution in [-0.2, 0) is 16.1 Å². The van der Waals surface area contributed by atoms with Crippen LogP contribution in [0.5, 0.6) is 0 Å². The molecule has 1 unspecified atom stereocenters. The summed E-state index contributed by atoms with van der Waals surface area (Å²) >= 11 is 0. The van der Waals surface area contributed by atoms with Gasteiger partial charge in [0.2, 0.25) is 11.7 Å². The van der Waals surface area contributed by atoms with Gasteiger partial charge in [-0.2, -0.15) is 10.1 Å². The molecule has 0 aliphatic carbocycles. The molecule has 0 aromatic carbocycles. The van der Waals surface area contributed by atoms with E-state index >= 15 is 0 Å². The minimum Gasteiger partial charge on any atom is -0.365 e. The first kappa shape index (κ1) is 19.3. The molecule has 1 aliphatic heterocycles. The zero-order chi connectivity index (χ0) is 20.2. The SMILES string of the molecule is Cc1cc(C)n(CCCC(=O)N2CCOC(c3nc(-c4ccncc4)no3)C2)n1. The van der Waals surface area contributed by atoms with Crippen molar-refractivity contribution in [1.82, 2.24) is 29.8 Å². The average molecular weight is 396 g/mol. The molecular formula is C20H24N6O3.